The summed E-state index contributed by atoms with van der Waals surface area (Å²) in [5.41, 5.74) is 2.45. The van der Waals surface area contributed by atoms with Crippen molar-refractivity contribution in [3.05, 3.63) is 59.4 Å². The van der Waals surface area contributed by atoms with Gasteiger partial charge in [-0.3, -0.25) is 9.78 Å². The molecule has 0 atom stereocenters. The van der Waals surface area contributed by atoms with Gasteiger partial charge in [0.25, 0.3) is 5.91 Å². The third-order valence-electron chi connectivity index (χ3n) is 5.37. The van der Waals surface area contributed by atoms with E-state index in [1.807, 2.05) is 25.3 Å². The predicted molar refractivity (Wildman–Crippen MR) is 124 cm³/mol. The number of rotatable bonds is 5. The van der Waals surface area contributed by atoms with E-state index >= 15 is 0 Å². The highest BCUT2D eigenvalue weighted by atomic mass is 32.2. The van der Waals surface area contributed by atoms with Crippen LogP contribution in [-0.2, 0) is 10.9 Å². The Labute approximate surface area is 198 Å². The first-order valence-corrected chi connectivity index (χ1v) is 11.7. The number of halogens is 3. The monoisotopic (exact) mass is 489 g/mol. The number of hydrogen-bond acceptors (Lipinski definition) is 7. The number of pyridine rings is 1. The van der Waals surface area contributed by atoms with Gasteiger partial charge in [-0.25, -0.2) is 0 Å². The maximum absolute atomic E-state index is 12.9. The van der Waals surface area contributed by atoms with Crippen molar-refractivity contribution in [1.82, 2.24) is 15.2 Å². The summed E-state index contributed by atoms with van der Waals surface area (Å²) >= 11 is 1.51. The van der Waals surface area contributed by atoms with E-state index in [0.717, 1.165) is 47.2 Å². The van der Waals surface area contributed by atoms with Crippen molar-refractivity contribution in [2.75, 3.05) is 42.8 Å². The van der Waals surface area contributed by atoms with E-state index < -0.39 is 17.8 Å². The van der Waals surface area contributed by atoms with Crippen LogP contribution < -0.4 is 10.2 Å². The number of hydrogen-bond donors (Lipinski definition) is 1. The lowest BCUT2D eigenvalue weighted by molar-refractivity contribution is -0.141. The fraction of sp³-hybridized carbons (Fsp3) is 0.304. The topological polar surface area (TPSA) is 80.2 Å². The fourth-order valence-electron chi connectivity index (χ4n) is 3.58. The maximum Gasteiger partial charge on any atom is 0.433 e. The van der Waals surface area contributed by atoms with Crippen LogP contribution in [0.2, 0.25) is 0 Å². The second kappa shape index (κ2) is 9.98. The number of morpholine rings is 1. The van der Waals surface area contributed by atoms with E-state index in [4.69, 9.17) is 4.74 Å². The molecule has 2 aromatic heterocycles. The Balaban J connectivity index is 1.62. The van der Waals surface area contributed by atoms with Gasteiger partial charge in [-0.1, -0.05) is 6.07 Å². The zero-order valence-electron chi connectivity index (χ0n) is 18.5. The minimum absolute atomic E-state index is 0.136. The Morgan fingerprint density at radius 3 is 2.59 bits per heavy atom. The molecule has 1 aliphatic rings. The van der Waals surface area contributed by atoms with Crippen molar-refractivity contribution in [2.24, 2.45) is 0 Å². The van der Waals surface area contributed by atoms with Crippen molar-refractivity contribution < 1.29 is 22.7 Å². The summed E-state index contributed by atoms with van der Waals surface area (Å²) in [6.45, 7) is 4.69. The van der Waals surface area contributed by atoms with Gasteiger partial charge in [0.05, 0.1) is 24.6 Å². The van der Waals surface area contributed by atoms with Gasteiger partial charge in [0.2, 0.25) is 0 Å². The van der Waals surface area contributed by atoms with Crippen LogP contribution in [-0.4, -0.2) is 53.6 Å². The Morgan fingerprint density at radius 1 is 1.12 bits per heavy atom. The first-order valence-electron chi connectivity index (χ1n) is 10.5. The highest BCUT2D eigenvalue weighted by Gasteiger charge is 2.33. The average molecular weight is 490 g/mol. The standard InChI is InChI=1S/C23H22F3N5O2S/c1-14-3-4-16(28-21(32)15-5-6-27-20(11-15)23(24,25)26)12-17(14)18-13-19(22(34-2)30-29-18)31-7-9-33-10-8-31/h3-6,11-13H,7-10H2,1-2H3,(H,28,32). The molecule has 0 bridgehead atoms. The smallest absolute Gasteiger partial charge is 0.378 e. The van der Waals surface area contributed by atoms with Gasteiger partial charge in [-0.2, -0.15) is 13.2 Å². The summed E-state index contributed by atoms with van der Waals surface area (Å²) in [7, 11) is 0. The van der Waals surface area contributed by atoms with Crippen molar-refractivity contribution in [3.63, 3.8) is 0 Å². The number of carbonyl (C=O) groups excluding carboxylic acids is 1. The maximum atomic E-state index is 12.9. The number of ether oxygens (including phenoxy) is 1. The zero-order valence-corrected chi connectivity index (χ0v) is 19.3. The molecule has 178 valence electrons. The van der Waals surface area contributed by atoms with Crippen LogP contribution in [0.3, 0.4) is 0 Å². The van der Waals surface area contributed by atoms with Gasteiger partial charge < -0.3 is 15.0 Å². The number of amides is 1. The number of aryl methyl sites for hydroxylation is 1. The highest BCUT2D eigenvalue weighted by Crippen LogP contribution is 2.33. The number of nitrogens with zero attached hydrogens (tertiary/aromatic N) is 4. The van der Waals surface area contributed by atoms with E-state index in [1.165, 1.54) is 17.8 Å². The molecule has 11 heteroatoms. The average Bonchev–Trinajstić information content (AvgIpc) is 2.85. The number of anilines is 2. The van der Waals surface area contributed by atoms with Gasteiger partial charge in [-0.15, -0.1) is 22.0 Å². The summed E-state index contributed by atoms with van der Waals surface area (Å²) in [5, 5.41) is 12.2. The van der Waals surface area contributed by atoms with Crippen LogP contribution in [0.4, 0.5) is 24.5 Å². The third kappa shape index (κ3) is 5.31. The molecule has 1 aromatic carbocycles. The van der Waals surface area contributed by atoms with E-state index in [2.05, 4.69) is 25.4 Å². The van der Waals surface area contributed by atoms with Gasteiger partial charge in [0.1, 0.15) is 10.7 Å². The second-order valence-electron chi connectivity index (χ2n) is 7.63. The number of thioether (sulfide) groups is 1. The van der Waals surface area contributed by atoms with Crippen LogP contribution in [0.15, 0.2) is 47.6 Å². The Kier molecular flexibility index (Phi) is 7.03. The normalized spacial score (nSPS) is 14.2. The van der Waals surface area contributed by atoms with E-state index in [9.17, 15) is 18.0 Å². The summed E-state index contributed by atoms with van der Waals surface area (Å²) in [4.78, 5) is 18.1. The molecular weight excluding hydrogens is 467 g/mol. The molecule has 0 aliphatic carbocycles. The molecule has 7 nitrogen and oxygen atoms in total. The van der Waals surface area contributed by atoms with Gasteiger partial charge in [0, 0.05) is 36.1 Å². The summed E-state index contributed by atoms with van der Waals surface area (Å²) < 4.78 is 44.3. The third-order valence-corrected chi connectivity index (χ3v) is 6.05. The fourth-order valence-corrected chi connectivity index (χ4v) is 4.10. The van der Waals surface area contributed by atoms with Crippen LogP contribution in [0.5, 0.6) is 0 Å². The molecule has 34 heavy (non-hydrogen) atoms. The van der Waals surface area contributed by atoms with Crippen molar-refractivity contribution in [3.8, 4) is 11.3 Å². The van der Waals surface area contributed by atoms with Crippen molar-refractivity contribution >= 4 is 29.0 Å². The number of carbonyl (C=O) groups is 1. The summed E-state index contributed by atoms with van der Waals surface area (Å²) in [6, 6.07) is 9.18. The quantitative estimate of drug-likeness (QED) is 0.522. The van der Waals surface area contributed by atoms with Crippen molar-refractivity contribution in [2.45, 2.75) is 18.1 Å². The number of nitrogens with one attached hydrogen (secondary N) is 1. The summed E-state index contributed by atoms with van der Waals surface area (Å²) in [5.74, 6) is -0.666. The first-order chi connectivity index (χ1) is 16.3. The molecule has 0 radical (unpaired) electrons. The highest BCUT2D eigenvalue weighted by molar-refractivity contribution is 7.98. The Bertz CT molecular complexity index is 1200. The van der Waals surface area contributed by atoms with Gasteiger partial charge in [-0.05, 0) is 49.1 Å². The van der Waals surface area contributed by atoms with Crippen LogP contribution in [0.1, 0.15) is 21.6 Å². The van der Waals surface area contributed by atoms with E-state index in [0.29, 0.717) is 24.6 Å². The molecule has 0 unspecified atom stereocenters. The molecule has 1 fully saturated rings. The summed E-state index contributed by atoms with van der Waals surface area (Å²) in [6.07, 6.45) is -1.72. The van der Waals surface area contributed by atoms with E-state index in [-0.39, 0.29) is 5.56 Å². The number of benzene rings is 1. The first kappa shape index (κ1) is 24.0. The molecule has 1 saturated heterocycles. The zero-order chi connectivity index (χ0) is 24.3. The molecular formula is C23H22F3N5O2S. The second-order valence-corrected chi connectivity index (χ2v) is 8.43. The molecule has 0 saturated carbocycles. The lowest BCUT2D eigenvalue weighted by atomic mass is 10.0. The molecule has 1 N–H and O–H groups in total. The lowest BCUT2D eigenvalue weighted by Gasteiger charge is -2.29. The van der Waals surface area contributed by atoms with Crippen molar-refractivity contribution in [1.29, 1.82) is 0 Å². The SMILES string of the molecule is CSc1nnc(-c2cc(NC(=O)c3ccnc(C(F)(F)F)c3)ccc2C)cc1N1CCOCC1. The lowest BCUT2D eigenvalue weighted by Crippen LogP contribution is -2.36. The van der Waals surface area contributed by atoms with Gasteiger partial charge >= 0.3 is 6.18 Å². The molecule has 1 aliphatic heterocycles. The molecule has 0 spiro atoms. The minimum atomic E-state index is -4.63. The molecule has 1 amide bonds. The Hall–Kier alpha value is -3.18. The van der Waals surface area contributed by atoms with Crippen LogP contribution in [0, 0.1) is 6.92 Å². The predicted octanol–water partition coefficient (Wildman–Crippen LogP) is 4.68. The number of alkyl halides is 3. The largest absolute Gasteiger partial charge is 0.433 e. The molecule has 3 aromatic rings. The van der Waals surface area contributed by atoms with Crippen LogP contribution >= 0.6 is 11.8 Å². The molecule has 3 heterocycles. The number of aromatic nitrogens is 3. The van der Waals surface area contributed by atoms with Gasteiger partial charge in [0.15, 0.2) is 0 Å². The van der Waals surface area contributed by atoms with E-state index in [1.54, 1.807) is 12.1 Å². The van der Waals surface area contributed by atoms with Crippen LogP contribution in [0.25, 0.3) is 11.3 Å². The minimum Gasteiger partial charge on any atom is -0.378 e. The Morgan fingerprint density at radius 2 is 1.88 bits per heavy atom. The molecule has 4 rings (SSSR count).